The number of esters is 1. The summed E-state index contributed by atoms with van der Waals surface area (Å²) < 4.78 is 5.36. The molecule has 2 aliphatic rings. The van der Waals surface area contributed by atoms with Crippen molar-refractivity contribution < 1.29 is 28.7 Å². The van der Waals surface area contributed by atoms with E-state index in [2.05, 4.69) is 0 Å². The van der Waals surface area contributed by atoms with E-state index in [-0.39, 0.29) is 29.7 Å². The minimum atomic E-state index is -1.37. The molecule has 0 aromatic heterocycles. The SMILES string of the molecule is CCOC(=O)C1=C(C)N(C)C(=O)N(C(=O)[C@H](Cc2ccccc2)N2C(=O)c3ccccc3C2=O)[C@H]1c1ccccc1. The summed E-state index contributed by atoms with van der Waals surface area (Å²) in [6.07, 6.45) is -0.0302. The molecular weight excluding hydrogens is 522 g/mol. The number of allylic oxidation sites excluding steroid dienone is 1. The zero-order valence-corrected chi connectivity index (χ0v) is 22.9. The van der Waals surface area contributed by atoms with Crippen molar-refractivity contribution in [3.8, 4) is 0 Å². The molecule has 0 N–H and O–H groups in total. The molecule has 5 amide bonds. The van der Waals surface area contributed by atoms with Gasteiger partial charge >= 0.3 is 12.0 Å². The lowest BCUT2D eigenvalue weighted by Crippen LogP contribution is -2.58. The number of hydrogen-bond donors (Lipinski definition) is 0. The zero-order valence-electron chi connectivity index (χ0n) is 22.9. The summed E-state index contributed by atoms with van der Waals surface area (Å²) in [5.41, 5.74) is 2.03. The van der Waals surface area contributed by atoms with Crippen LogP contribution in [-0.4, -0.2) is 64.1 Å². The number of carbonyl (C=O) groups excluding carboxylic acids is 5. The Balaban J connectivity index is 1.67. The number of rotatable bonds is 7. The summed E-state index contributed by atoms with van der Waals surface area (Å²) in [5.74, 6) is -2.70. The van der Waals surface area contributed by atoms with Crippen LogP contribution in [0, 0.1) is 0 Å². The molecular formula is C32H29N3O6. The Kier molecular flexibility index (Phi) is 7.52. The first-order valence-electron chi connectivity index (χ1n) is 13.3. The second-order valence-electron chi connectivity index (χ2n) is 9.81. The van der Waals surface area contributed by atoms with Gasteiger partial charge in [-0.2, -0.15) is 0 Å². The maximum absolute atomic E-state index is 14.7. The Labute approximate surface area is 237 Å². The van der Waals surface area contributed by atoms with Crippen LogP contribution in [0.15, 0.2) is 96.2 Å². The molecule has 2 aliphatic heterocycles. The van der Waals surface area contributed by atoms with Crippen LogP contribution >= 0.6 is 0 Å². The lowest BCUT2D eigenvalue weighted by atomic mass is 9.92. The van der Waals surface area contributed by atoms with Gasteiger partial charge in [0.2, 0.25) is 0 Å². The molecule has 9 nitrogen and oxygen atoms in total. The van der Waals surface area contributed by atoms with Crippen LogP contribution < -0.4 is 0 Å². The molecule has 41 heavy (non-hydrogen) atoms. The highest BCUT2D eigenvalue weighted by molar-refractivity contribution is 6.23. The van der Waals surface area contributed by atoms with Crippen molar-refractivity contribution in [2.45, 2.75) is 32.4 Å². The summed E-state index contributed by atoms with van der Waals surface area (Å²) in [4.78, 5) is 72.2. The van der Waals surface area contributed by atoms with Crippen LogP contribution in [0.5, 0.6) is 0 Å². The van der Waals surface area contributed by atoms with Crippen molar-refractivity contribution in [1.82, 2.24) is 14.7 Å². The van der Waals surface area contributed by atoms with E-state index in [1.165, 1.54) is 24.1 Å². The quantitative estimate of drug-likeness (QED) is 0.319. The Hall–Kier alpha value is -5.05. The van der Waals surface area contributed by atoms with Gasteiger partial charge in [-0.3, -0.25) is 19.3 Å². The van der Waals surface area contributed by atoms with E-state index in [9.17, 15) is 24.0 Å². The summed E-state index contributed by atoms with van der Waals surface area (Å²) in [6.45, 7) is 3.38. The molecule has 0 aliphatic carbocycles. The molecule has 0 bridgehead atoms. The van der Waals surface area contributed by atoms with Crippen molar-refractivity contribution in [3.63, 3.8) is 0 Å². The number of fused-ring (bicyclic) bond motifs is 1. The molecule has 208 valence electrons. The van der Waals surface area contributed by atoms with Crippen molar-refractivity contribution in [2.75, 3.05) is 13.7 Å². The second-order valence-corrected chi connectivity index (χ2v) is 9.81. The van der Waals surface area contributed by atoms with Crippen LogP contribution in [0.3, 0.4) is 0 Å². The number of benzene rings is 3. The van der Waals surface area contributed by atoms with Crippen molar-refractivity contribution in [3.05, 3.63) is 118 Å². The van der Waals surface area contributed by atoms with Gasteiger partial charge in [0.1, 0.15) is 12.1 Å². The summed E-state index contributed by atoms with van der Waals surface area (Å²) in [5, 5.41) is 0. The van der Waals surface area contributed by atoms with Gasteiger partial charge in [0.15, 0.2) is 0 Å². The van der Waals surface area contributed by atoms with Crippen molar-refractivity contribution >= 4 is 29.7 Å². The predicted octanol–water partition coefficient (Wildman–Crippen LogP) is 4.37. The second kappa shape index (κ2) is 11.2. The van der Waals surface area contributed by atoms with Gasteiger partial charge < -0.3 is 9.64 Å². The topological polar surface area (TPSA) is 104 Å². The number of urea groups is 1. The molecule has 3 aromatic rings. The first-order chi connectivity index (χ1) is 19.8. The van der Waals surface area contributed by atoms with Gasteiger partial charge in [0.05, 0.1) is 23.3 Å². The number of imide groups is 2. The third kappa shape index (κ3) is 4.80. The van der Waals surface area contributed by atoms with Gasteiger partial charge in [-0.25, -0.2) is 14.5 Å². The fourth-order valence-corrected chi connectivity index (χ4v) is 5.34. The van der Waals surface area contributed by atoms with E-state index >= 15 is 0 Å². The first kappa shape index (κ1) is 27.5. The normalized spacial score (nSPS) is 17.6. The molecule has 0 unspecified atom stereocenters. The maximum Gasteiger partial charge on any atom is 0.338 e. The monoisotopic (exact) mass is 551 g/mol. The molecule has 0 fully saturated rings. The zero-order chi connectivity index (χ0) is 29.3. The van der Waals surface area contributed by atoms with E-state index in [1.807, 2.05) is 6.07 Å². The summed E-state index contributed by atoms with van der Waals surface area (Å²) >= 11 is 0. The molecule has 9 heteroatoms. The predicted molar refractivity (Wildman–Crippen MR) is 149 cm³/mol. The van der Waals surface area contributed by atoms with Crippen LogP contribution in [0.2, 0.25) is 0 Å². The number of hydrogen-bond acceptors (Lipinski definition) is 6. The van der Waals surface area contributed by atoms with E-state index in [0.717, 1.165) is 9.80 Å². The van der Waals surface area contributed by atoms with Crippen molar-refractivity contribution in [2.24, 2.45) is 0 Å². The first-order valence-corrected chi connectivity index (χ1v) is 13.3. The lowest BCUT2D eigenvalue weighted by Gasteiger charge is -2.42. The van der Waals surface area contributed by atoms with Crippen LogP contribution in [0.1, 0.15) is 51.7 Å². The molecule has 5 rings (SSSR count). The molecule has 3 aromatic carbocycles. The van der Waals surface area contributed by atoms with Gasteiger partial charge in [-0.15, -0.1) is 0 Å². The highest BCUT2D eigenvalue weighted by Gasteiger charge is 2.50. The van der Waals surface area contributed by atoms with Crippen LogP contribution in [0.25, 0.3) is 0 Å². The summed E-state index contributed by atoms with van der Waals surface area (Å²) in [7, 11) is 1.46. The molecule has 0 spiro atoms. The largest absolute Gasteiger partial charge is 0.463 e. The summed E-state index contributed by atoms with van der Waals surface area (Å²) in [6, 6.07) is 20.8. The Morgan fingerprint density at radius 3 is 1.93 bits per heavy atom. The van der Waals surface area contributed by atoms with E-state index in [0.29, 0.717) is 16.8 Å². The fraction of sp³-hybridized carbons (Fsp3) is 0.219. The Bertz CT molecular complexity index is 1530. The molecule has 2 atom stereocenters. The highest BCUT2D eigenvalue weighted by atomic mass is 16.5. The molecule has 2 heterocycles. The number of nitrogens with zero attached hydrogens (tertiary/aromatic N) is 3. The number of carbonyl (C=O) groups is 5. The van der Waals surface area contributed by atoms with Gasteiger partial charge in [-0.05, 0) is 37.1 Å². The Morgan fingerprint density at radius 1 is 0.829 bits per heavy atom. The van der Waals surface area contributed by atoms with Gasteiger partial charge in [-0.1, -0.05) is 72.8 Å². The van der Waals surface area contributed by atoms with E-state index in [4.69, 9.17) is 4.74 Å². The Morgan fingerprint density at radius 2 is 1.37 bits per heavy atom. The highest BCUT2D eigenvalue weighted by Crippen LogP contribution is 2.39. The van der Waals surface area contributed by atoms with Crippen LogP contribution in [0.4, 0.5) is 4.79 Å². The standard InChI is InChI=1S/C32H29N3O6/c1-4-41-31(39)26-20(2)33(3)32(40)35(27(26)22-15-9-6-10-16-22)30(38)25(19-21-13-7-5-8-14-21)34-28(36)23-17-11-12-18-24(23)29(34)37/h5-18,25,27H,4,19H2,1-3H3/t25-,27-/m0/s1. The van der Waals surface area contributed by atoms with Crippen molar-refractivity contribution in [1.29, 1.82) is 0 Å². The number of ether oxygens (including phenoxy) is 1. The minimum absolute atomic E-state index is 0.0302. The third-order valence-corrected chi connectivity index (χ3v) is 7.46. The fourth-order valence-electron chi connectivity index (χ4n) is 5.34. The minimum Gasteiger partial charge on any atom is -0.463 e. The average Bonchev–Trinajstić information content (AvgIpc) is 3.24. The molecule has 0 saturated carbocycles. The van der Waals surface area contributed by atoms with Gasteiger partial charge in [0, 0.05) is 19.2 Å². The van der Waals surface area contributed by atoms with Gasteiger partial charge in [0.25, 0.3) is 17.7 Å². The van der Waals surface area contributed by atoms with E-state index in [1.54, 1.807) is 80.6 Å². The number of amides is 5. The molecule has 0 radical (unpaired) electrons. The lowest BCUT2D eigenvalue weighted by molar-refractivity contribution is -0.141. The maximum atomic E-state index is 14.7. The average molecular weight is 552 g/mol. The molecule has 0 saturated heterocycles. The van der Waals surface area contributed by atoms with E-state index < -0.39 is 41.8 Å². The third-order valence-electron chi connectivity index (χ3n) is 7.46. The van der Waals surface area contributed by atoms with Crippen LogP contribution in [-0.2, 0) is 20.7 Å². The smallest absolute Gasteiger partial charge is 0.338 e.